The number of carbonyl (C=O) groups is 2. The summed E-state index contributed by atoms with van der Waals surface area (Å²) in [5.41, 5.74) is 0. The Morgan fingerprint density at radius 1 is 0.359 bits per heavy atom. The van der Waals surface area contributed by atoms with Crippen LogP contribution in [0.1, 0.15) is 194 Å². The van der Waals surface area contributed by atoms with Crippen LogP contribution in [0.4, 0.5) is 0 Å². The normalized spacial score (nSPS) is 13.5. The predicted molar refractivity (Wildman–Crippen MR) is 278 cm³/mol. The van der Waals surface area contributed by atoms with Crippen molar-refractivity contribution in [1.29, 1.82) is 0 Å². The molecule has 0 rings (SSSR count). The smallest absolute Gasteiger partial charge is 0.306 e. The first-order valence-corrected chi connectivity index (χ1v) is 25.4. The molecule has 0 heterocycles. The van der Waals surface area contributed by atoms with Gasteiger partial charge in [0.1, 0.15) is 6.61 Å². The second-order valence-corrected chi connectivity index (χ2v) is 16.1. The lowest BCUT2D eigenvalue weighted by Crippen LogP contribution is -2.28. The van der Waals surface area contributed by atoms with Crippen LogP contribution in [-0.4, -0.2) is 36.4 Å². The number of hydrogen-bond acceptors (Lipinski definition) is 5. The average Bonchev–Trinajstić information content (AvgIpc) is 3.30. The molecule has 358 valence electrons. The van der Waals surface area contributed by atoms with Crippen molar-refractivity contribution in [3.63, 3.8) is 0 Å². The van der Waals surface area contributed by atoms with E-state index in [0.717, 1.165) is 141 Å². The Hall–Kier alpha value is -4.22. The first-order chi connectivity index (χ1) is 31.6. The quantitative estimate of drug-likeness (QED) is 0.0375. The van der Waals surface area contributed by atoms with Crippen LogP contribution in [-0.2, 0) is 19.1 Å². The van der Waals surface area contributed by atoms with Gasteiger partial charge in [-0.05, 0) is 116 Å². The summed E-state index contributed by atoms with van der Waals surface area (Å²) < 4.78 is 10.7. The second kappa shape index (κ2) is 53.1. The van der Waals surface area contributed by atoms with Crippen molar-refractivity contribution in [3.8, 4) is 0 Å². The summed E-state index contributed by atoms with van der Waals surface area (Å²) in [6, 6.07) is 0. The first-order valence-electron chi connectivity index (χ1n) is 25.4. The number of carbonyl (C=O) groups excluding carboxylic acids is 2. The Morgan fingerprint density at radius 3 is 0.938 bits per heavy atom. The standard InChI is InChI=1S/C59H92O5/c1-3-5-7-9-11-13-15-17-19-21-23-25-26-27-28-29-30-31-32-34-36-38-40-42-44-46-48-50-52-54-59(62)64-57(55-60)56-63-58(61)53-51-49-47-45-43-41-39-37-35-33-24-22-20-18-16-14-12-10-8-6-4-2/h5-8,11-14,17-20,23-25,27-28,30-31,33-34,36-37,39,57,60H,3-4,9-10,15-16,21-22,26,29,32,35,38,40-56H2,1-2H3/b7-5-,8-6-,13-11-,14-12-,19-17-,20-18-,25-23-,28-27-,31-30-,33-24-,36-34-,39-37-. The van der Waals surface area contributed by atoms with Gasteiger partial charge in [0.25, 0.3) is 0 Å². The van der Waals surface area contributed by atoms with Crippen molar-refractivity contribution in [1.82, 2.24) is 0 Å². The number of unbranched alkanes of at least 4 members (excludes halogenated alkanes) is 12. The lowest BCUT2D eigenvalue weighted by atomic mass is 10.1. The van der Waals surface area contributed by atoms with Crippen LogP contribution >= 0.6 is 0 Å². The van der Waals surface area contributed by atoms with Crippen LogP contribution in [0.2, 0.25) is 0 Å². The third-order valence-electron chi connectivity index (χ3n) is 10.1. The minimum atomic E-state index is -0.799. The van der Waals surface area contributed by atoms with Gasteiger partial charge in [-0.1, -0.05) is 211 Å². The van der Waals surface area contributed by atoms with Gasteiger partial charge in [0.15, 0.2) is 6.10 Å². The van der Waals surface area contributed by atoms with E-state index in [1.807, 2.05) is 0 Å². The zero-order valence-electron chi connectivity index (χ0n) is 40.7. The zero-order chi connectivity index (χ0) is 46.3. The monoisotopic (exact) mass is 881 g/mol. The van der Waals surface area contributed by atoms with Crippen LogP contribution in [0.25, 0.3) is 0 Å². The molecule has 0 amide bonds. The minimum Gasteiger partial charge on any atom is -0.462 e. The van der Waals surface area contributed by atoms with Gasteiger partial charge in [-0.3, -0.25) is 9.59 Å². The van der Waals surface area contributed by atoms with Crippen molar-refractivity contribution in [2.45, 2.75) is 200 Å². The summed E-state index contributed by atoms with van der Waals surface area (Å²) >= 11 is 0. The highest BCUT2D eigenvalue weighted by Gasteiger charge is 2.16. The molecule has 1 N–H and O–H groups in total. The summed E-state index contributed by atoms with van der Waals surface area (Å²) in [7, 11) is 0. The third kappa shape index (κ3) is 50.4. The van der Waals surface area contributed by atoms with E-state index in [4.69, 9.17) is 9.47 Å². The fourth-order valence-corrected chi connectivity index (χ4v) is 6.38. The van der Waals surface area contributed by atoms with Crippen LogP contribution in [0.5, 0.6) is 0 Å². The van der Waals surface area contributed by atoms with Crippen molar-refractivity contribution in [3.05, 3.63) is 146 Å². The van der Waals surface area contributed by atoms with E-state index in [9.17, 15) is 14.7 Å². The maximum Gasteiger partial charge on any atom is 0.306 e. The van der Waals surface area contributed by atoms with E-state index in [1.54, 1.807) is 0 Å². The summed E-state index contributed by atoms with van der Waals surface area (Å²) in [6.45, 7) is 3.87. The molecule has 5 heteroatoms. The zero-order valence-corrected chi connectivity index (χ0v) is 40.7. The molecule has 0 spiro atoms. The largest absolute Gasteiger partial charge is 0.462 e. The fourth-order valence-electron chi connectivity index (χ4n) is 6.38. The van der Waals surface area contributed by atoms with Crippen LogP contribution in [0.3, 0.4) is 0 Å². The van der Waals surface area contributed by atoms with Gasteiger partial charge in [-0.25, -0.2) is 0 Å². The van der Waals surface area contributed by atoms with Crippen molar-refractivity contribution in [2.75, 3.05) is 13.2 Å². The molecule has 0 aromatic carbocycles. The SMILES string of the molecule is CC/C=C\C/C=C\C/C=C\C/C=C\C/C=C\C/C=C\C/C=C\CCCCCCCCCC(=O)OC(CO)COC(=O)CCCCCCC/C=C\C/C=C\C/C=C\C/C=C\C/C=C\CC. The number of hydrogen-bond donors (Lipinski definition) is 1. The summed E-state index contributed by atoms with van der Waals surface area (Å²) in [6.07, 6.45) is 80.7. The highest BCUT2D eigenvalue weighted by molar-refractivity contribution is 5.70. The highest BCUT2D eigenvalue weighted by atomic mass is 16.6. The molecule has 5 nitrogen and oxygen atoms in total. The second-order valence-electron chi connectivity index (χ2n) is 16.1. The van der Waals surface area contributed by atoms with Gasteiger partial charge in [-0.15, -0.1) is 0 Å². The van der Waals surface area contributed by atoms with Crippen molar-refractivity contribution < 1.29 is 24.2 Å². The Morgan fingerprint density at radius 2 is 0.625 bits per heavy atom. The van der Waals surface area contributed by atoms with E-state index in [0.29, 0.717) is 12.8 Å². The molecule has 1 unspecified atom stereocenters. The molecule has 0 saturated heterocycles. The maximum atomic E-state index is 12.3. The van der Waals surface area contributed by atoms with E-state index in [-0.39, 0.29) is 25.2 Å². The highest BCUT2D eigenvalue weighted by Crippen LogP contribution is 2.12. The molecular formula is C59H92O5. The Bertz CT molecular complexity index is 1410. The summed E-state index contributed by atoms with van der Waals surface area (Å²) in [5.74, 6) is -0.638. The lowest BCUT2D eigenvalue weighted by Gasteiger charge is -2.15. The Balaban J connectivity index is 3.65. The summed E-state index contributed by atoms with van der Waals surface area (Å²) in [5, 5.41) is 9.63. The molecule has 0 aromatic heterocycles. The molecule has 0 aromatic rings. The predicted octanol–water partition coefficient (Wildman–Crippen LogP) is 17.1. The van der Waals surface area contributed by atoms with Gasteiger partial charge in [0.05, 0.1) is 6.61 Å². The van der Waals surface area contributed by atoms with Crippen molar-refractivity contribution >= 4 is 11.9 Å². The number of allylic oxidation sites excluding steroid dienone is 24. The van der Waals surface area contributed by atoms with Gasteiger partial charge >= 0.3 is 11.9 Å². The van der Waals surface area contributed by atoms with Gasteiger partial charge in [0.2, 0.25) is 0 Å². The molecule has 0 aliphatic carbocycles. The van der Waals surface area contributed by atoms with E-state index in [2.05, 4.69) is 160 Å². The Labute approximate surface area is 393 Å². The number of rotatable bonds is 44. The molecule has 1 atom stereocenters. The Kier molecular flexibility index (Phi) is 49.6. The van der Waals surface area contributed by atoms with Gasteiger partial charge in [-0.2, -0.15) is 0 Å². The van der Waals surface area contributed by atoms with Crippen molar-refractivity contribution in [2.24, 2.45) is 0 Å². The molecule has 64 heavy (non-hydrogen) atoms. The van der Waals surface area contributed by atoms with E-state index in [1.165, 1.54) is 25.7 Å². The molecule has 0 fully saturated rings. The van der Waals surface area contributed by atoms with Crippen LogP contribution in [0, 0.1) is 0 Å². The molecule has 0 saturated carbocycles. The van der Waals surface area contributed by atoms with Crippen LogP contribution in [0.15, 0.2) is 146 Å². The number of ether oxygens (including phenoxy) is 2. The number of aliphatic hydroxyl groups excluding tert-OH is 1. The van der Waals surface area contributed by atoms with E-state index < -0.39 is 6.10 Å². The molecule has 0 aliphatic rings. The van der Waals surface area contributed by atoms with E-state index >= 15 is 0 Å². The molecule has 0 radical (unpaired) electrons. The molecule has 0 bridgehead atoms. The third-order valence-corrected chi connectivity index (χ3v) is 10.1. The van der Waals surface area contributed by atoms with Gasteiger partial charge < -0.3 is 14.6 Å². The average molecular weight is 881 g/mol. The lowest BCUT2D eigenvalue weighted by molar-refractivity contribution is -0.161. The summed E-state index contributed by atoms with van der Waals surface area (Å²) in [4.78, 5) is 24.5. The maximum absolute atomic E-state index is 12.3. The minimum absolute atomic E-state index is 0.0913. The molecular weight excluding hydrogens is 789 g/mol. The number of esters is 2. The van der Waals surface area contributed by atoms with Gasteiger partial charge in [0, 0.05) is 12.8 Å². The topological polar surface area (TPSA) is 72.8 Å². The van der Waals surface area contributed by atoms with Crippen LogP contribution < -0.4 is 0 Å². The first kappa shape index (κ1) is 59.8. The fraction of sp³-hybridized carbons (Fsp3) is 0.559. The number of aliphatic hydroxyl groups is 1. The molecule has 0 aliphatic heterocycles.